The van der Waals surface area contributed by atoms with Crippen LogP contribution in [-0.2, 0) is 9.59 Å². The minimum atomic E-state index is -0.743. The second kappa shape index (κ2) is 7.59. The molecular formula is C14H25N3O3. The molecule has 1 amide bonds. The Balaban J connectivity index is 1.67. The van der Waals surface area contributed by atoms with Crippen LogP contribution in [0.1, 0.15) is 32.1 Å². The van der Waals surface area contributed by atoms with Gasteiger partial charge in [-0.05, 0) is 44.7 Å². The molecule has 0 saturated carbocycles. The second-order valence-electron chi connectivity index (χ2n) is 5.85. The fourth-order valence-electron chi connectivity index (χ4n) is 3.05. The SMILES string of the molecule is O=C(O)CCN1CCCC(CNC(=O)C2CCCN2)C1. The summed E-state index contributed by atoms with van der Waals surface area (Å²) in [5, 5.41) is 15.0. The Bertz CT molecular complexity index is 343. The normalized spacial score (nSPS) is 27.4. The molecule has 0 bridgehead atoms. The van der Waals surface area contributed by atoms with E-state index in [4.69, 9.17) is 5.11 Å². The van der Waals surface area contributed by atoms with E-state index >= 15 is 0 Å². The van der Waals surface area contributed by atoms with E-state index in [1.54, 1.807) is 0 Å². The number of carbonyl (C=O) groups excluding carboxylic acids is 1. The molecule has 6 heteroatoms. The lowest BCUT2D eigenvalue weighted by molar-refractivity contribution is -0.137. The van der Waals surface area contributed by atoms with Gasteiger partial charge in [-0.3, -0.25) is 9.59 Å². The molecule has 2 atom stereocenters. The van der Waals surface area contributed by atoms with Gasteiger partial charge in [0.25, 0.3) is 0 Å². The molecule has 2 saturated heterocycles. The van der Waals surface area contributed by atoms with Gasteiger partial charge in [-0.25, -0.2) is 0 Å². The molecule has 2 rings (SSSR count). The molecule has 0 aliphatic carbocycles. The van der Waals surface area contributed by atoms with Crippen molar-refractivity contribution in [2.75, 3.05) is 32.7 Å². The Morgan fingerprint density at radius 3 is 2.85 bits per heavy atom. The molecule has 2 aliphatic rings. The average molecular weight is 283 g/mol. The Kier molecular flexibility index (Phi) is 5.79. The van der Waals surface area contributed by atoms with Crippen LogP contribution in [0.15, 0.2) is 0 Å². The van der Waals surface area contributed by atoms with E-state index < -0.39 is 5.97 Å². The third-order valence-corrected chi connectivity index (χ3v) is 4.19. The number of carboxylic acid groups (broad SMARTS) is 1. The molecule has 20 heavy (non-hydrogen) atoms. The number of nitrogens with zero attached hydrogens (tertiary/aromatic N) is 1. The van der Waals surface area contributed by atoms with Crippen molar-refractivity contribution < 1.29 is 14.7 Å². The van der Waals surface area contributed by atoms with Crippen LogP contribution < -0.4 is 10.6 Å². The van der Waals surface area contributed by atoms with Gasteiger partial charge in [0.15, 0.2) is 0 Å². The molecule has 0 spiro atoms. The molecule has 0 radical (unpaired) electrons. The van der Waals surface area contributed by atoms with Crippen LogP contribution in [0.5, 0.6) is 0 Å². The predicted molar refractivity (Wildman–Crippen MR) is 75.5 cm³/mol. The van der Waals surface area contributed by atoms with Gasteiger partial charge in [0.2, 0.25) is 5.91 Å². The maximum atomic E-state index is 11.9. The number of piperidine rings is 1. The lowest BCUT2D eigenvalue weighted by Gasteiger charge is -2.32. The van der Waals surface area contributed by atoms with Crippen LogP contribution >= 0.6 is 0 Å². The maximum Gasteiger partial charge on any atom is 0.304 e. The minimum Gasteiger partial charge on any atom is -0.481 e. The first-order valence-corrected chi connectivity index (χ1v) is 7.60. The van der Waals surface area contributed by atoms with E-state index in [-0.39, 0.29) is 18.4 Å². The molecule has 2 fully saturated rings. The summed E-state index contributed by atoms with van der Waals surface area (Å²) in [4.78, 5) is 24.7. The Hall–Kier alpha value is -1.14. The van der Waals surface area contributed by atoms with Gasteiger partial charge in [-0.2, -0.15) is 0 Å². The van der Waals surface area contributed by atoms with Crippen molar-refractivity contribution >= 4 is 11.9 Å². The van der Waals surface area contributed by atoms with E-state index in [0.29, 0.717) is 19.0 Å². The summed E-state index contributed by atoms with van der Waals surface area (Å²) in [6.45, 7) is 4.13. The molecular weight excluding hydrogens is 258 g/mol. The van der Waals surface area contributed by atoms with Crippen LogP contribution in [0.4, 0.5) is 0 Å². The summed E-state index contributed by atoms with van der Waals surface area (Å²) >= 11 is 0. The number of likely N-dealkylation sites (tertiary alicyclic amines) is 1. The van der Waals surface area contributed by atoms with Gasteiger partial charge < -0.3 is 20.6 Å². The monoisotopic (exact) mass is 283 g/mol. The first-order valence-electron chi connectivity index (χ1n) is 7.60. The summed E-state index contributed by atoms with van der Waals surface area (Å²) < 4.78 is 0. The van der Waals surface area contributed by atoms with Crippen molar-refractivity contribution in [2.45, 2.75) is 38.1 Å². The number of hydrogen-bond donors (Lipinski definition) is 3. The number of carbonyl (C=O) groups is 2. The van der Waals surface area contributed by atoms with Gasteiger partial charge in [0.05, 0.1) is 12.5 Å². The predicted octanol–water partition coefficient (Wildman–Crippen LogP) is 0.0413. The first-order chi connectivity index (χ1) is 9.65. The standard InChI is InChI=1S/C14H25N3O3/c18-13(19)5-8-17-7-2-3-11(10-17)9-16-14(20)12-4-1-6-15-12/h11-12,15H,1-10H2,(H,16,20)(H,18,19). The summed E-state index contributed by atoms with van der Waals surface area (Å²) in [5.74, 6) is -0.180. The number of amides is 1. The van der Waals surface area contributed by atoms with Crippen molar-refractivity contribution in [3.63, 3.8) is 0 Å². The highest BCUT2D eigenvalue weighted by molar-refractivity contribution is 5.81. The quantitative estimate of drug-likeness (QED) is 0.641. The number of nitrogens with one attached hydrogen (secondary N) is 2. The zero-order chi connectivity index (χ0) is 14.4. The number of aliphatic carboxylic acids is 1. The van der Waals surface area contributed by atoms with Crippen LogP contribution in [0.2, 0.25) is 0 Å². The highest BCUT2D eigenvalue weighted by Gasteiger charge is 2.24. The lowest BCUT2D eigenvalue weighted by atomic mass is 9.97. The number of carboxylic acids is 1. The van der Waals surface area contributed by atoms with Crippen molar-refractivity contribution in [1.82, 2.24) is 15.5 Å². The smallest absolute Gasteiger partial charge is 0.304 e. The zero-order valence-corrected chi connectivity index (χ0v) is 11.9. The summed E-state index contributed by atoms with van der Waals surface area (Å²) in [5.41, 5.74) is 0. The molecule has 2 unspecified atom stereocenters. The summed E-state index contributed by atoms with van der Waals surface area (Å²) in [7, 11) is 0. The van der Waals surface area contributed by atoms with Crippen LogP contribution in [0.3, 0.4) is 0 Å². The fourth-order valence-corrected chi connectivity index (χ4v) is 3.05. The van der Waals surface area contributed by atoms with Gasteiger partial charge in [0, 0.05) is 19.6 Å². The Labute approximate surface area is 119 Å². The second-order valence-corrected chi connectivity index (χ2v) is 5.85. The molecule has 0 aromatic carbocycles. The Morgan fingerprint density at radius 2 is 2.15 bits per heavy atom. The van der Waals surface area contributed by atoms with E-state index in [0.717, 1.165) is 45.3 Å². The Morgan fingerprint density at radius 1 is 1.30 bits per heavy atom. The summed E-state index contributed by atoms with van der Waals surface area (Å²) in [6.07, 6.45) is 4.40. The van der Waals surface area contributed by atoms with Crippen LogP contribution in [-0.4, -0.2) is 60.6 Å². The van der Waals surface area contributed by atoms with Gasteiger partial charge in [0.1, 0.15) is 0 Å². The average Bonchev–Trinajstić information content (AvgIpc) is 2.97. The number of rotatable bonds is 6. The molecule has 3 N–H and O–H groups in total. The van der Waals surface area contributed by atoms with Crippen LogP contribution in [0.25, 0.3) is 0 Å². The highest BCUT2D eigenvalue weighted by atomic mass is 16.4. The fraction of sp³-hybridized carbons (Fsp3) is 0.857. The molecule has 6 nitrogen and oxygen atoms in total. The van der Waals surface area contributed by atoms with Gasteiger partial charge in [-0.1, -0.05) is 0 Å². The molecule has 0 aromatic heterocycles. The molecule has 0 aromatic rings. The first kappa shape index (κ1) is 15.3. The molecule has 114 valence electrons. The van der Waals surface area contributed by atoms with E-state index in [9.17, 15) is 9.59 Å². The van der Waals surface area contributed by atoms with Gasteiger partial charge >= 0.3 is 5.97 Å². The van der Waals surface area contributed by atoms with Crippen molar-refractivity contribution in [2.24, 2.45) is 5.92 Å². The highest BCUT2D eigenvalue weighted by Crippen LogP contribution is 2.16. The lowest BCUT2D eigenvalue weighted by Crippen LogP contribution is -2.45. The molecule has 2 heterocycles. The third-order valence-electron chi connectivity index (χ3n) is 4.19. The van der Waals surface area contributed by atoms with E-state index in [1.165, 1.54) is 0 Å². The van der Waals surface area contributed by atoms with Crippen LogP contribution in [0, 0.1) is 5.92 Å². The third kappa shape index (κ3) is 4.76. The molecule has 2 aliphatic heterocycles. The maximum absolute atomic E-state index is 11.9. The minimum absolute atomic E-state index is 0.0123. The summed E-state index contributed by atoms with van der Waals surface area (Å²) in [6, 6.07) is -0.0123. The topological polar surface area (TPSA) is 81.7 Å². The van der Waals surface area contributed by atoms with Crippen molar-refractivity contribution in [1.29, 1.82) is 0 Å². The van der Waals surface area contributed by atoms with Crippen molar-refractivity contribution in [3.05, 3.63) is 0 Å². The van der Waals surface area contributed by atoms with E-state index in [1.807, 2.05) is 0 Å². The zero-order valence-electron chi connectivity index (χ0n) is 11.9. The largest absolute Gasteiger partial charge is 0.481 e. The van der Waals surface area contributed by atoms with E-state index in [2.05, 4.69) is 15.5 Å². The van der Waals surface area contributed by atoms with Crippen molar-refractivity contribution in [3.8, 4) is 0 Å². The number of hydrogen-bond acceptors (Lipinski definition) is 4. The van der Waals surface area contributed by atoms with Gasteiger partial charge in [-0.15, -0.1) is 0 Å².